The Labute approximate surface area is 153 Å². The van der Waals surface area contributed by atoms with E-state index < -0.39 is 6.04 Å². The van der Waals surface area contributed by atoms with Crippen molar-refractivity contribution in [2.24, 2.45) is 0 Å². The lowest BCUT2D eigenvalue weighted by Crippen LogP contribution is -2.43. The Kier molecular flexibility index (Phi) is 5.08. The first-order chi connectivity index (χ1) is 11.5. The third kappa shape index (κ3) is 3.55. The number of anilines is 1. The van der Waals surface area contributed by atoms with E-state index in [0.717, 1.165) is 12.1 Å². The van der Waals surface area contributed by atoms with Crippen molar-refractivity contribution < 1.29 is 9.59 Å². The summed E-state index contributed by atoms with van der Waals surface area (Å²) in [6.45, 7) is 2.40. The summed E-state index contributed by atoms with van der Waals surface area (Å²) in [5.41, 5.74) is 1.28. The molecule has 0 unspecified atom stereocenters. The molecule has 2 amide bonds. The van der Waals surface area contributed by atoms with Gasteiger partial charge in [0.2, 0.25) is 5.91 Å². The van der Waals surface area contributed by atoms with E-state index in [4.69, 9.17) is 23.2 Å². The van der Waals surface area contributed by atoms with Crippen LogP contribution in [-0.4, -0.2) is 34.3 Å². The molecule has 1 aliphatic rings. The summed E-state index contributed by atoms with van der Waals surface area (Å²) in [6, 6.07) is 4.23. The molecule has 126 valence electrons. The summed E-state index contributed by atoms with van der Waals surface area (Å²) < 4.78 is 0. The predicted molar refractivity (Wildman–Crippen MR) is 96.0 cm³/mol. The lowest BCUT2D eigenvalue weighted by atomic mass is 10.1. The minimum Gasteiger partial charge on any atom is -0.327 e. The normalized spacial score (nSPS) is 17.1. The van der Waals surface area contributed by atoms with Crippen molar-refractivity contribution in [1.82, 2.24) is 9.88 Å². The number of nitrogens with zero attached hydrogens (tertiary/aromatic N) is 2. The number of likely N-dealkylation sites (tertiary alicyclic amines) is 1. The predicted octanol–water partition coefficient (Wildman–Crippen LogP) is 4.00. The van der Waals surface area contributed by atoms with Gasteiger partial charge in [-0.15, -0.1) is 11.3 Å². The Morgan fingerprint density at radius 1 is 1.33 bits per heavy atom. The van der Waals surface area contributed by atoms with Crippen molar-refractivity contribution in [3.63, 3.8) is 0 Å². The van der Waals surface area contributed by atoms with Gasteiger partial charge in [0.05, 0.1) is 15.7 Å². The number of aryl methyl sites for hydroxylation is 1. The maximum absolute atomic E-state index is 12.7. The van der Waals surface area contributed by atoms with Crippen LogP contribution < -0.4 is 5.32 Å². The van der Waals surface area contributed by atoms with E-state index in [-0.39, 0.29) is 11.8 Å². The molecule has 5 nitrogen and oxygen atoms in total. The van der Waals surface area contributed by atoms with Gasteiger partial charge < -0.3 is 10.2 Å². The van der Waals surface area contributed by atoms with Crippen LogP contribution in [0.25, 0.3) is 0 Å². The number of benzene rings is 1. The number of aromatic nitrogens is 1. The first kappa shape index (κ1) is 17.2. The van der Waals surface area contributed by atoms with Gasteiger partial charge in [-0.3, -0.25) is 9.59 Å². The molecule has 0 radical (unpaired) electrons. The number of amides is 2. The molecule has 24 heavy (non-hydrogen) atoms. The van der Waals surface area contributed by atoms with Crippen LogP contribution in [0.3, 0.4) is 0 Å². The molecule has 8 heteroatoms. The lowest BCUT2D eigenvalue weighted by molar-refractivity contribution is -0.119. The van der Waals surface area contributed by atoms with Crippen LogP contribution in [0.4, 0.5) is 5.13 Å². The van der Waals surface area contributed by atoms with Crippen molar-refractivity contribution in [3.05, 3.63) is 44.9 Å². The fourth-order valence-electron chi connectivity index (χ4n) is 2.68. The van der Waals surface area contributed by atoms with E-state index >= 15 is 0 Å². The third-order valence-electron chi connectivity index (χ3n) is 3.83. The van der Waals surface area contributed by atoms with Gasteiger partial charge in [0.1, 0.15) is 6.04 Å². The Morgan fingerprint density at radius 3 is 2.79 bits per heavy atom. The molecule has 1 fully saturated rings. The molecule has 0 saturated carbocycles. The first-order valence-corrected chi connectivity index (χ1v) is 9.08. The molecule has 0 spiro atoms. The molecule has 1 aromatic heterocycles. The first-order valence-electron chi connectivity index (χ1n) is 7.44. The van der Waals surface area contributed by atoms with Gasteiger partial charge in [-0.25, -0.2) is 4.98 Å². The van der Waals surface area contributed by atoms with Gasteiger partial charge >= 0.3 is 0 Å². The fraction of sp³-hybridized carbons (Fsp3) is 0.312. The molecule has 1 saturated heterocycles. The van der Waals surface area contributed by atoms with Crippen molar-refractivity contribution in [1.29, 1.82) is 0 Å². The number of hydrogen-bond donors (Lipinski definition) is 1. The summed E-state index contributed by atoms with van der Waals surface area (Å²) >= 11 is 13.2. The summed E-state index contributed by atoms with van der Waals surface area (Å²) in [5.74, 6) is -0.434. The van der Waals surface area contributed by atoms with Crippen LogP contribution in [0, 0.1) is 6.92 Å². The van der Waals surface area contributed by atoms with E-state index in [1.165, 1.54) is 17.4 Å². The molecule has 1 aromatic carbocycles. The number of rotatable bonds is 3. The van der Waals surface area contributed by atoms with Crippen LogP contribution in [-0.2, 0) is 4.79 Å². The average Bonchev–Trinajstić information content (AvgIpc) is 3.18. The Bertz CT molecular complexity index is 793. The highest BCUT2D eigenvalue weighted by Crippen LogP contribution is 2.26. The highest BCUT2D eigenvalue weighted by molar-refractivity contribution is 7.13. The van der Waals surface area contributed by atoms with Crippen molar-refractivity contribution in [2.75, 3.05) is 11.9 Å². The van der Waals surface area contributed by atoms with Gasteiger partial charge in [-0.1, -0.05) is 23.2 Å². The summed E-state index contributed by atoms with van der Waals surface area (Å²) in [5, 5.41) is 5.91. The Hall–Kier alpha value is -1.63. The van der Waals surface area contributed by atoms with E-state index in [9.17, 15) is 9.59 Å². The minimum atomic E-state index is -0.504. The second-order valence-corrected chi connectivity index (χ2v) is 7.24. The van der Waals surface area contributed by atoms with Crippen LogP contribution in [0.2, 0.25) is 10.0 Å². The number of carbonyl (C=O) groups excluding carboxylic acids is 2. The number of nitrogens with one attached hydrogen (secondary N) is 1. The molecule has 2 heterocycles. The van der Waals surface area contributed by atoms with Crippen molar-refractivity contribution in [3.8, 4) is 0 Å². The van der Waals surface area contributed by atoms with E-state index in [2.05, 4.69) is 10.3 Å². The second kappa shape index (κ2) is 7.09. The van der Waals surface area contributed by atoms with Gasteiger partial charge in [0.25, 0.3) is 5.91 Å². The van der Waals surface area contributed by atoms with Crippen molar-refractivity contribution in [2.45, 2.75) is 25.8 Å². The van der Waals surface area contributed by atoms with Gasteiger partial charge in [-0.05, 0) is 38.0 Å². The largest absolute Gasteiger partial charge is 0.327 e. The number of halogens is 2. The SMILES string of the molecule is Cc1csc(NC(=O)[C@@H]2CCCN2C(=O)c2ccc(Cl)c(Cl)c2)n1. The summed E-state index contributed by atoms with van der Waals surface area (Å²) in [7, 11) is 0. The fourth-order valence-corrected chi connectivity index (χ4v) is 3.67. The molecule has 3 rings (SSSR count). The molecule has 1 N–H and O–H groups in total. The summed E-state index contributed by atoms with van der Waals surface area (Å²) in [4.78, 5) is 31.0. The number of thiazole rings is 1. The van der Waals surface area contributed by atoms with Gasteiger partial charge in [0.15, 0.2) is 5.13 Å². The maximum atomic E-state index is 12.7. The molecule has 0 bridgehead atoms. The molecule has 1 atom stereocenters. The molecular formula is C16H15Cl2N3O2S. The monoisotopic (exact) mass is 383 g/mol. The van der Waals surface area contributed by atoms with Gasteiger partial charge in [-0.2, -0.15) is 0 Å². The lowest BCUT2D eigenvalue weighted by Gasteiger charge is -2.23. The van der Waals surface area contributed by atoms with Gasteiger partial charge in [0, 0.05) is 17.5 Å². The third-order valence-corrected chi connectivity index (χ3v) is 5.45. The topological polar surface area (TPSA) is 62.3 Å². The second-order valence-electron chi connectivity index (χ2n) is 5.57. The highest BCUT2D eigenvalue weighted by atomic mass is 35.5. The molecule has 2 aromatic rings. The maximum Gasteiger partial charge on any atom is 0.254 e. The average molecular weight is 384 g/mol. The molecule has 1 aliphatic heterocycles. The number of hydrogen-bond acceptors (Lipinski definition) is 4. The minimum absolute atomic E-state index is 0.213. The molecule has 0 aliphatic carbocycles. The van der Waals surface area contributed by atoms with E-state index in [1.54, 1.807) is 17.0 Å². The van der Waals surface area contributed by atoms with Crippen LogP contribution in [0.15, 0.2) is 23.6 Å². The van der Waals surface area contributed by atoms with Crippen LogP contribution in [0.5, 0.6) is 0 Å². The zero-order valence-electron chi connectivity index (χ0n) is 12.9. The summed E-state index contributed by atoms with van der Waals surface area (Å²) in [6.07, 6.45) is 1.41. The zero-order valence-corrected chi connectivity index (χ0v) is 15.2. The van der Waals surface area contributed by atoms with E-state index in [0.29, 0.717) is 33.7 Å². The van der Waals surface area contributed by atoms with Crippen molar-refractivity contribution >= 4 is 51.5 Å². The molecular weight excluding hydrogens is 369 g/mol. The van der Waals surface area contributed by atoms with Crippen LogP contribution in [0.1, 0.15) is 28.9 Å². The highest BCUT2D eigenvalue weighted by Gasteiger charge is 2.35. The number of carbonyl (C=O) groups is 2. The van der Waals surface area contributed by atoms with E-state index in [1.807, 2.05) is 12.3 Å². The van der Waals surface area contributed by atoms with Crippen LogP contribution >= 0.6 is 34.5 Å². The quantitative estimate of drug-likeness (QED) is 0.870. The standard InChI is InChI=1S/C16H15Cl2N3O2S/c1-9-8-24-16(19-9)20-14(22)13-3-2-6-21(13)15(23)10-4-5-11(17)12(18)7-10/h4-5,7-8,13H,2-3,6H2,1H3,(H,19,20,22)/t13-/m0/s1. The Morgan fingerprint density at radius 2 is 2.12 bits per heavy atom. The smallest absolute Gasteiger partial charge is 0.254 e. The Balaban J connectivity index is 1.75. The zero-order chi connectivity index (χ0) is 17.3.